The van der Waals surface area contributed by atoms with E-state index in [1.807, 2.05) is 35.2 Å². The summed E-state index contributed by atoms with van der Waals surface area (Å²) >= 11 is 0. The molecule has 5 rings (SSSR count). The van der Waals surface area contributed by atoms with Crippen LogP contribution in [-0.2, 0) is 4.79 Å². The second kappa shape index (κ2) is 5.61. The second-order valence-electron chi connectivity index (χ2n) is 7.85. The predicted molar refractivity (Wildman–Crippen MR) is 95.2 cm³/mol. The van der Waals surface area contributed by atoms with Crippen molar-refractivity contribution in [3.8, 4) is 0 Å². The first-order chi connectivity index (χ1) is 12.2. The number of benzene rings is 1. The molecule has 2 amide bonds. The summed E-state index contributed by atoms with van der Waals surface area (Å²) in [6.45, 7) is 2.37. The van der Waals surface area contributed by atoms with Gasteiger partial charge in [-0.1, -0.05) is 18.2 Å². The molecule has 2 aromatic rings. The minimum atomic E-state index is 0.0986. The molecule has 0 radical (unpaired) electrons. The smallest absolute Gasteiger partial charge is 0.270 e. The van der Waals surface area contributed by atoms with Gasteiger partial charge >= 0.3 is 0 Å². The number of piperidine rings is 3. The molecule has 130 valence electrons. The van der Waals surface area contributed by atoms with Crippen LogP contribution in [0, 0.1) is 11.8 Å². The maximum atomic E-state index is 13.0. The zero-order chi connectivity index (χ0) is 17.0. The van der Waals surface area contributed by atoms with Crippen LogP contribution in [0.5, 0.6) is 0 Å². The lowest BCUT2D eigenvalue weighted by Crippen LogP contribution is -2.61. The number of rotatable bonds is 1. The van der Waals surface area contributed by atoms with E-state index in [1.165, 1.54) is 0 Å². The first-order valence-corrected chi connectivity index (χ1v) is 9.35. The number of nitrogens with one attached hydrogen (secondary N) is 1. The number of nitrogens with zero attached hydrogens (tertiary/aromatic N) is 2. The average molecular weight is 337 g/mol. The van der Waals surface area contributed by atoms with Crippen molar-refractivity contribution in [2.24, 2.45) is 11.8 Å². The summed E-state index contributed by atoms with van der Waals surface area (Å²) in [5, 5.41) is 1.08. The van der Waals surface area contributed by atoms with Crippen molar-refractivity contribution in [3.63, 3.8) is 0 Å². The van der Waals surface area contributed by atoms with E-state index >= 15 is 0 Å². The number of hydrogen-bond donors (Lipinski definition) is 1. The quantitative estimate of drug-likeness (QED) is 0.870. The number of para-hydroxylation sites is 1. The molecule has 1 N–H and O–H groups in total. The first kappa shape index (κ1) is 15.0. The van der Waals surface area contributed by atoms with Gasteiger partial charge in [-0.3, -0.25) is 9.59 Å². The molecule has 3 aliphatic heterocycles. The number of carbonyl (C=O) groups excluding carboxylic acids is 2. The highest BCUT2D eigenvalue weighted by Gasteiger charge is 2.44. The lowest BCUT2D eigenvalue weighted by Gasteiger charge is -2.52. The molecule has 3 atom stereocenters. The largest absolute Gasteiger partial charge is 0.351 e. The minimum Gasteiger partial charge on any atom is -0.351 e. The number of aromatic nitrogens is 1. The van der Waals surface area contributed by atoms with Gasteiger partial charge in [0.05, 0.1) is 0 Å². The maximum Gasteiger partial charge on any atom is 0.270 e. The predicted octanol–water partition coefficient (Wildman–Crippen LogP) is 2.64. The molecule has 0 saturated carbocycles. The van der Waals surface area contributed by atoms with E-state index < -0.39 is 0 Å². The molecule has 3 saturated heterocycles. The van der Waals surface area contributed by atoms with E-state index in [2.05, 4.69) is 9.88 Å². The fraction of sp³-hybridized carbons (Fsp3) is 0.500. The number of aromatic amines is 1. The van der Waals surface area contributed by atoms with Gasteiger partial charge in [-0.2, -0.15) is 0 Å². The van der Waals surface area contributed by atoms with Gasteiger partial charge in [-0.15, -0.1) is 0 Å². The Labute approximate surface area is 147 Å². The zero-order valence-corrected chi connectivity index (χ0v) is 14.3. The Morgan fingerprint density at radius 2 is 2.04 bits per heavy atom. The Morgan fingerprint density at radius 1 is 1.16 bits per heavy atom. The van der Waals surface area contributed by atoms with E-state index in [1.54, 1.807) is 0 Å². The van der Waals surface area contributed by atoms with Gasteiger partial charge in [0.1, 0.15) is 5.69 Å². The zero-order valence-electron chi connectivity index (χ0n) is 14.3. The van der Waals surface area contributed by atoms with E-state index in [4.69, 9.17) is 0 Å². The summed E-state index contributed by atoms with van der Waals surface area (Å²) < 4.78 is 0. The van der Waals surface area contributed by atoms with Crippen LogP contribution in [0.25, 0.3) is 10.9 Å². The maximum absolute atomic E-state index is 13.0. The number of carbonyl (C=O) groups is 2. The molecule has 25 heavy (non-hydrogen) atoms. The van der Waals surface area contributed by atoms with E-state index in [0.29, 0.717) is 35.9 Å². The SMILES string of the molecule is O=C(c1cc2ccccc2[nH]1)N1C[C@H]2C[C@H](C1)[C@@H]1CCCC(=O)N1C2. The standard InChI is InChI=1S/C20H23N3O2/c24-19-7-3-6-18-15-8-13(11-23(18)19)10-22(12-15)20(25)17-9-14-4-1-2-5-16(14)21-17/h1-2,4-5,9,13,15,18,21H,3,6-8,10-12H2/t13-,15-,18+/m1/s1. The normalized spacial score (nSPS) is 29.0. The number of fused-ring (bicyclic) bond motifs is 5. The van der Waals surface area contributed by atoms with Crippen molar-refractivity contribution >= 4 is 22.7 Å². The molecular weight excluding hydrogens is 314 g/mol. The van der Waals surface area contributed by atoms with Crippen molar-refractivity contribution in [2.45, 2.75) is 31.7 Å². The topological polar surface area (TPSA) is 56.4 Å². The van der Waals surface area contributed by atoms with E-state index in [0.717, 1.165) is 49.8 Å². The van der Waals surface area contributed by atoms with Crippen LogP contribution in [0.3, 0.4) is 0 Å². The third kappa shape index (κ3) is 2.44. The summed E-state index contributed by atoms with van der Waals surface area (Å²) in [5.74, 6) is 1.28. The van der Waals surface area contributed by atoms with Crippen LogP contribution in [0.4, 0.5) is 0 Å². The number of H-pyrrole nitrogens is 1. The summed E-state index contributed by atoms with van der Waals surface area (Å²) in [4.78, 5) is 32.7. The van der Waals surface area contributed by atoms with Crippen LogP contribution in [-0.4, -0.2) is 52.3 Å². The molecule has 5 heteroatoms. The molecule has 0 unspecified atom stereocenters. The molecule has 1 aromatic heterocycles. The van der Waals surface area contributed by atoms with Crippen LogP contribution in [0.15, 0.2) is 30.3 Å². The van der Waals surface area contributed by atoms with Gasteiger partial charge in [0.2, 0.25) is 5.91 Å². The molecular formula is C20H23N3O2. The van der Waals surface area contributed by atoms with Crippen LogP contribution in [0.2, 0.25) is 0 Å². The molecule has 3 aliphatic rings. The van der Waals surface area contributed by atoms with Crippen molar-refractivity contribution in [1.29, 1.82) is 0 Å². The Bertz CT molecular complexity index is 809. The van der Waals surface area contributed by atoms with Gasteiger partial charge in [0.25, 0.3) is 5.91 Å². The molecule has 3 fully saturated rings. The number of amides is 2. The highest BCUT2D eigenvalue weighted by Crippen LogP contribution is 2.38. The third-order valence-corrected chi connectivity index (χ3v) is 6.23. The summed E-state index contributed by atoms with van der Waals surface area (Å²) in [6, 6.07) is 10.3. The van der Waals surface area contributed by atoms with Gasteiger partial charge in [0, 0.05) is 43.0 Å². The Balaban J connectivity index is 1.39. The third-order valence-electron chi connectivity index (χ3n) is 6.23. The molecule has 1 aromatic carbocycles. The fourth-order valence-corrected chi connectivity index (χ4v) is 5.13. The Kier molecular flexibility index (Phi) is 3.37. The molecule has 0 aliphatic carbocycles. The second-order valence-corrected chi connectivity index (χ2v) is 7.85. The molecule has 2 bridgehead atoms. The molecule has 5 nitrogen and oxygen atoms in total. The lowest BCUT2D eigenvalue weighted by molar-refractivity contribution is -0.144. The highest BCUT2D eigenvalue weighted by molar-refractivity contribution is 5.98. The van der Waals surface area contributed by atoms with E-state index in [-0.39, 0.29) is 5.91 Å². The van der Waals surface area contributed by atoms with E-state index in [9.17, 15) is 9.59 Å². The van der Waals surface area contributed by atoms with Gasteiger partial charge in [-0.05, 0) is 43.2 Å². The van der Waals surface area contributed by atoms with Crippen molar-refractivity contribution in [1.82, 2.24) is 14.8 Å². The first-order valence-electron chi connectivity index (χ1n) is 9.35. The fourth-order valence-electron chi connectivity index (χ4n) is 5.13. The van der Waals surface area contributed by atoms with Crippen LogP contribution < -0.4 is 0 Å². The average Bonchev–Trinajstić information content (AvgIpc) is 3.06. The van der Waals surface area contributed by atoms with Crippen molar-refractivity contribution < 1.29 is 9.59 Å². The molecule has 4 heterocycles. The molecule has 0 spiro atoms. The van der Waals surface area contributed by atoms with Gasteiger partial charge in [-0.25, -0.2) is 0 Å². The summed E-state index contributed by atoms with van der Waals surface area (Å²) in [6.07, 6.45) is 3.95. The van der Waals surface area contributed by atoms with Gasteiger partial charge in [0.15, 0.2) is 0 Å². The van der Waals surface area contributed by atoms with Crippen LogP contribution >= 0.6 is 0 Å². The Hall–Kier alpha value is -2.30. The van der Waals surface area contributed by atoms with Gasteiger partial charge < -0.3 is 14.8 Å². The number of hydrogen-bond acceptors (Lipinski definition) is 2. The monoisotopic (exact) mass is 337 g/mol. The lowest BCUT2D eigenvalue weighted by atomic mass is 9.76. The van der Waals surface area contributed by atoms with Crippen molar-refractivity contribution in [3.05, 3.63) is 36.0 Å². The highest BCUT2D eigenvalue weighted by atomic mass is 16.2. The van der Waals surface area contributed by atoms with Crippen LogP contribution in [0.1, 0.15) is 36.2 Å². The number of likely N-dealkylation sites (tertiary alicyclic amines) is 1. The minimum absolute atomic E-state index is 0.0986. The summed E-state index contributed by atoms with van der Waals surface area (Å²) in [5.41, 5.74) is 1.69. The summed E-state index contributed by atoms with van der Waals surface area (Å²) in [7, 11) is 0. The Morgan fingerprint density at radius 3 is 2.92 bits per heavy atom. The van der Waals surface area contributed by atoms with Crippen molar-refractivity contribution in [2.75, 3.05) is 19.6 Å².